The predicted molar refractivity (Wildman–Crippen MR) is 72.2 cm³/mol. The molecule has 0 aliphatic rings. The smallest absolute Gasteiger partial charge is 0.154 e. The molecule has 0 radical (unpaired) electrons. The molecule has 1 unspecified atom stereocenters. The Bertz CT molecular complexity index is 488. The fourth-order valence-corrected chi connectivity index (χ4v) is 3.76. The molecule has 3 nitrogen and oxygen atoms in total. The van der Waals surface area contributed by atoms with E-state index in [0.717, 1.165) is 0 Å². The minimum absolute atomic E-state index is 0.0574. The summed E-state index contributed by atoms with van der Waals surface area (Å²) in [5, 5.41) is 0.671. The third-order valence-corrected chi connectivity index (χ3v) is 5.03. The topological polar surface area (TPSA) is 60.2 Å². The summed E-state index contributed by atoms with van der Waals surface area (Å²) < 4.78 is 23.8. The van der Waals surface area contributed by atoms with Gasteiger partial charge in [-0.15, -0.1) is 0 Å². The van der Waals surface area contributed by atoms with Gasteiger partial charge in [0.05, 0.1) is 21.6 Å². The van der Waals surface area contributed by atoms with Crippen molar-refractivity contribution in [2.45, 2.75) is 12.7 Å². The fraction of sp³-hybridized carbons (Fsp3) is 0.455. The highest BCUT2D eigenvalue weighted by molar-refractivity contribution is 7.90. The number of benzene rings is 1. The lowest BCUT2D eigenvalue weighted by molar-refractivity contribution is 0.573. The van der Waals surface area contributed by atoms with E-state index in [1.54, 1.807) is 25.1 Å². The van der Waals surface area contributed by atoms with Crippen LogP contribution in [0.25, 0.3) is 0 Å². The second-order valence-electron chi connectivity index (χ2n) is 4.11. The van der Waals surface area contributed by atoms with Gasteiger partial charge in [-0.05, 0) is 24.1 Å². The van der Waals surface area contributed by atoms with Crippen molar-refractivity contribution in [2.24, 2.45) is 11.7 Å². The normalized spacial score (nSPS) is 13.6. The molecule has 0 heterocycles. The molecule has 0 fully saturated rings. The highest BCUT2D eigenvalue weighted by Gasteiger charge is 2.18. The van der Waals surface area contributed by atoms with Gasteiger partial charge < -0.3 is 5.73 Å². The van der Waals surface area contributed by atoms with Crippen LogP contribution in [0.3, 0.4) is 0 Å². The van der Waals surface area contributed by atoms with Crippen LogP contribution in [0.15, 0.2) is 18.2 Å². The Hall–Kier alpha value is -0.290. The summed E-state index contributed by atoms with van der Waals surface area (Å²) in [6.07, 6.45) is 0. The quantitative estimate of drug-likeness (QED) is 0.908. The summed E-state index contributed by atoms with van der Waals surface area (Å²) in [5.74, 6) is -0.0961. The molecule has 0 amide bonds. The standard InChI is InChI=1S/C11H15Cl2NO2S/c1-8(5-14)6-17(15,16)7-9-3-2-4-10(12)11(9)13/h2-4,8H,5-7,14H2,1H3. The first-order chi connectivity index (χ1) is 7.85. The summed E-state index contributed by atoms with van der Waals surface area (Å²) in [6, 6.07) is 4.98. The van der Waals surface area contributed by atoms with Crippen LogP contribution in [-0.4, -0.2) is 20.7 Å². The van der Waals surface area contributed by atoms with Crippen molar-refractivity contribution in [3.8, 4) is 0 Å². The van der Waals surface area contributed by atoms with Gasteiger partial charge in [-0.3, -0.25) is 0 Å². The lowest BCUT2D eigenvalue weighted by Crippen LogP contribution is -2.22. The molecule has 1 rings (SSSR count). The Morgan fingerprint density at radius 1 is 1.35 bits per heavy atom. The third kappa shape index (κ3) is 4.47. The van der Waals surface area contributed by atoms with E-state index in [4.69, 9.17) is 28.9 Å². The Kier molecular flexibility index (Phi) is 5.25. The van der Waals surface area contributed by atoms with Gasteiger partial charge in [-0.2, -0.15) is 0 Å². The molecule has 0 saturated carbocycles. The van der Waals surface area contributed by atoms with Crippen LogP contribution < -0.4 is 5.73 Å². The Labute approximate surface area is 112 Å². The average Bonchev–Trinajstić information content (AvgIpc) is 2.23. The van der Waals surface area contributed by atoms with Crippen molar-refractivity contribution in [1.29, 1.82) is 0 Å². The van der Waals surface area contributed by atoms with Gasteiger partial charge in [0.2, 0.25) is 0 Å². The molecule has 0 bridgehead atoms. The molecular weight excluding hydrogens is 281 g/mol. The van der Waals surface area contributed by atoms with Crippen LogP contribution in [0.1, 0.15) is 12.5 Å². The van der Waals surface area contributed by atoms with Crippen LogP contribution >= 0.6 is 23.2 Å². The van der Waals surface area contributed by atoms with Crippen molar-refractivity contribution in [3.63, 3.8) is 0 Å². The van der Waals surface area contributed by atoms with Crippen LogP contribution in [0.5, 0.6) is 0 Å². The summed E-state index contributed by atoms with van der Waals surface area (Å²) in [6.45, 7) is 2.15. The molecular formula is C11H15Cl2NO2S. The molecule has 1 aromatic carbocycles. The number of rotatable bonds is 5. The van der Waals surface area contributed by atoms with Crippen molar-refractivity contribution < 1.29 is 8.42 Å². The summed E-state index contributed by atoms with van der Waals surface area (Å²) in [5.41, 5.74) is 5.95. The van der Waals surface area contributed by atoms with Gasteiger partial charge >= 0.3 is 0 Å². The highest BCUT2D eigenvalue weighted by Crippen LogP contribution is 2.27. The molecule has 6 heteroatoms. The number of hydrogen-bond donors (Lipinski definition) is 1. The van der Waals surface area contributed by atoms with E-state index in [2.05, 4.69) is 0 Å². The van der Waals surface area contributed by atoms with E-state index in [9.17, 15) is 8.42 Å². The van der Waals surface area contributed by atoms with Crippen LogP contribution in [0.4, 0.5) is 0 Å². The molecule has 2 N–H and O–H groups in total. The number of sulfone groups is 1. The lowest BCUT2D eigenvalue weighted by atomic mass is 10.2. The zero-order valence-electron chi connectivity index (χ0n) is 9.49. The minimum Gasteiger partial charge on any atom is -0.330 e. The lowest BCUT2D eigenvalue weighted by Gasteiger charge is -2.10. The number of nitrogens with two attached hydrogens (primary N) is 1. The zero-order valence-corrected chi connectivity index (χ0v) is 11.8. The van der Waals surface area contributed by atoms with Crippen molar-refractivity contribution in [1.82, 2.24) is 0 Å². The molecule has 0 aromatic heterocycles. The van der Waals surface area contributed by atoms with Gasteiger partial charge in [-0.1, -0.05) is 42.3 Å². The SMILES string of the molecule is CC(CN)CS(=O)(=O)Cc1cccc(Cl)c1Cl. The Morgan fingerprint density at radius 2 is 2.00 bits per heavy atom. The maximum Gasteiger partial charge on any atom is 0.154 e. The van der Waals surface area contributed by atoms with Crippen molar-refractivity contribution in [2.75, 3.05) is 12.3 Å². The van der Waals surface area contributed by atoms with E-state index in [1.807, 2.05) is 0 Å². The third-order valence-electron chi connectivity index (χ3n) is 2.35. The summed E-state index contributed by atoms with van der Waals surface area (Å²) in [4.78, 5) is 0. The van der Waals surface area contributed by atoms with Gasteiger partial charge in [0, 0.05) is 0 Å². The monoisotopic (exact) mass is 295 g/mol. The van der Waals surface area contributed by atoms with Crippen LogP contribution in [-0.2, 0) is 15.6 Å². The molecule has 96 valence electrons. The first kappa shape index (κ1) is 14.8. The molecule has 0 aliphatic carbocycles. The van der Waals surface area contributed by atoms with E-state index >= 15 is 0 Å². The first-order valence-electron chi connectivity index (χ1n) is 5.19. The maximum atomic E-state index is 11.9. The van der Waals surface area contributed by atoms with Gasteiger partial charge in [0.15, 0.2) is 9.84 Å². The highest BCUT2D eigenvalue weighted by atomic mass is 35.5. The molecule has 1 aromatic rings. The minimum atomic E-state index is -3.21. The van der Waals surface area contributed by atoms with Crippen LogP contribution in [0, 0.1) is 5.92 Å². The first-order valence-corrected chi connectivity index (χ1v) is 7.77. The second kappa shape index (κ2) is 6.05. The second-order valence-corrected chi connectivity index (χ2v) is 7.00. The van der Waals surface area contributed by atoms with Gasteiger partial charge in [0.1, 0.15) is 0 Å². The molecule has 17 heavy (non-hydrogen) atoms. The van der Waals surface area contributed by atoms with Crippen LogP contribution in [0.2, 0.25) is 10.0 Å². The van der Waals surface area contributed by atoms with Gasteiger partial charge in [-0.25, -0.2) is 8.42 Å². The summed E-state index contributed by atoms with van der Waals surface area (Å²) >= 11 is 11.8. The fourth-order valence-electron chi connectivity index (χ4n) is 1.46. The van der Waals surface area contributed by atoms with E-state index in [-0.39, 0.29) is 17.4 Å². The van der Waals surface area contributed by atoms with Gasteiger partial charge in [0.25, 0.3) is 0 Å². The van der Waals surface area contributed by atoms with E-state index in [1.165, 1.54) is 0 Å². The molecule has 0 spiro atoms. The molecule has 1 atom stereocenters. The van der Waals surface area contributed by atoms with Crippen molar-refractivity contribution in [3.05, 3.63) is 33.8 Å². The largest absolute Gasteiger partial charge is 0.330 e. The average molecular weight is 296 g/mol. The zero-order chi connectivity index (χ0) is 13.1. The number of halogens is 2. The Morgan fingerprint density at radius 3 is 2.59 bits per heavy atom. The molecule has 0 aliphatic heterocycles. The maximum absolute atomic E-state index is 11.9. The van der Waals surface area contributed by atoms with E-state index < -0.39 is 9.84 Å². The predicted octanol–water partition coefficient (Wildman–Crippen LogP) is 2.50. The van der Waals surface area contributed by atoms with Crippen molar-refractivity contribution >= 4 is 33.0 Å². The summed E-state index contributed by atoms with van der Waals surface area (Å²) in [7, 11) is -3.21. The Balaban J connectivity index is 2.87. The van der Waals surface area contributed by atoms with E-state index in [0.29, 0.717) is 22.2 Å². The molecule has 0 saturated heterocycles. The number of hydrogen-bond acceptors (Lipinski definition) is 3.